The Bertz CT molecular complexity index is 1050. The highest BCUT2D eigenvalue weighted by atomic mass is 35.5. The van der Waals surface area contributed by atoms with Gasteiger partial charge in [-0.3, -0.25) is 0 Å². The maximum atomic E-state index is 13.3. The first-order valence-electron chi connectivity index (χ1n) is 8.16. The lowest BCUT2D eigenvalue weighted by atomic mass is 10.2. The van der Waals surface area contributed by atoms with E-state index < -0.39 is 10.0 Å². The fraction of sp³-hybridized carbons (Fsp3) is 0.263. The molecule has 2 aromatic carbocycles. The van der Waals surface area contributed by atoms with Crippen LogP contribution in [-0.4, -0.2) is 24.1 Å². The number of aryl methyl sites for hydroxylation is 1. The second kappa shape index (κ2) is 5.87. The van der Waals surface area contributed by atoms with Crippen molar-refractivity contribution in [1.29, 1.82) is 0 Å². The summed E-state index contributed by atoms with van der Waals surface area (Å²) in [5.74, 6) is 0.170. The minimum atomic E-state index is -3.73. The average molecular weight is 376 g/mol. The van der Waals surface area contributed by atoms with Gasteiger partial charge in [0.05, 0.1) is 10.4 Å². The average Bonchev–Trinajstić information content (AvgIpc) is 3.27. The number of hydrogen-bond acceptors (Lipinski definition) is 3. The first-order chi connectivity index (χ1) is 11.9. The third kappa shape index (κ3) is 2.76. The van der Waals surface area contributed by atoms with E-state index in [4.69, 9.17) is 11.6 Å². The van der Waals surface area contributed by atoms with Gasteiger partial charge in [-0.2, -0.15) is 0 Å². The van der Waals surface area contributed by atoms with Crippen molar-refractivity contribution in [2.45, 2.75) is 24.2 Å². The molecule has 4 rings (SSSR count). The number of nitrogens with zero attached hydrogens (tertiary/aromatic N) is 1. The molecular formula is C19H18ClNO3S. The standard InChI is InChI=1S/C19H18ClNO3S/c1-12-2-5-16(6-3-12)25(23,24)21-18-7-4-15(20)8-13(18)10-19(21)17-9-14(17)11-22/h2-8,10,14,17,22H,9,11H2,1H3/t14-,17+/m0/s1. The number of aliphatic hydroxyl groups is 1. The van der Waals surface area contributed by atoms with Crippen LogP contribution in [0.25, 0.3) is 10.9 Å². The second-order valence-electron chi connectivity index (χ2n) is 6.64. The highest BCUT2D eigenvalue weighted by Crippen LogP contribution is 2.49. The van der Waals surface area contributed by atoms with E-state index in [1.165, 1.54) is 3.97 Å². The van der Waals surface area contributed by atoms with Crippen LogP contribution in [0.15, 0.2) is 53.4 Å². The molecule has 1 aliphatic carbocycles. The van der Waals surface area contributed by atoms with Crippen LogP contribution in [0.4, 0.5) is 0 Å². The zero-order valence-electron chi connectivity index (χ0n) is 13.7. The summed E-state index contributed by atoms with van der Waals surface area (Å²) in [7, 11) is -3.73. The minimum Gasteiger partial charge on any atom is -0.396 e. The molecular weight excluding hydrogens is 358 g/mol. The largest absolute Gasteiger partial charge is 0.396 e. The zero-order valence-corrected chi connectivity index (χ0v) is 15.3. The lowest BCUT2D eigenvalue weighted by Gasteiger charge is -2.12. The van der Waals surface area contributed by atoms with Crippen LogP contribution >= 0.6 is 11.6 Å². The Labute approximate surface area is 151 Å². The molecule has 2 atom stereocenters. The summed E-state index contributed by atoms with van der Waals surface area (Å²) in [6, 6.07) is 13.9. The van der Waals surface area contributed by atoms with Gasteiger partial charge in [0.15, 0.2) is 0 Å². The third-order valence-corrected chi connectivity index (χ3v) is 6.83. The molecule has 25 heavy (non-hydrogen) atoms. The van der Waals surface area contributed by atoms with E-state index in [9.17, 15) is 13.5 Å². The molecule has 1 saturated carbocycles. The van der Waals surface area contributed by atoms with E-state index in [-0.39, 0.29) is 23.3 Å². The van der Waals surface area contributed by atoms with Crippen molar-refractivity contribution in [3.8, 4) is 0 Å². The molecule has 1 heterocycles. The Kier molecular flexibility index (Phi) is 3.90. The van der Waals surface area contributed by atoms with Crippen LogP contribution in [0, 0.1) is 12.8 Å². The first-order valence-corrected chi connectivity index (χ1v) is 9.97. The van der Waals surface area contributed by atoms with Gasteiger partial charge in [0, 0.05) is 28.6 Å². The minimum absolute atomic E-state index is 0.0522. The monoisotopic (exact) mass is 375 g/mol. The van der Waals surface area contributed by atoms with E-state index in [1.807, 2.05) is 13.0 Å². The summed E-state index contributed by atoms with van der Waals surface area (Å²) in [6.07, 6.45) is 0.796. The van der Waals surface area contributed by atoms with E-state index >= 15 is 0 Å². The summed E-state index contributed by atoms with van der Waals surface area (Å²) in [5, 5.41) is 10.8. The number of hydrogen-bond donors (Lipinski definition) is 1. The van der Waals surface area contributed by atoms with Crippen LogP contribution in [0.2, 0.25) is 5.02 Å². The Morgan fingerprint density at radius 1 is 1.16 bits per heavy atom. The molecule has 6 heteroatoms. The van der Waals surface area contributed by atoms with Gasteiger partial charge in [-0.25, -0.2) is 12.4 Å². The Morgan fingerprint density at radius 3 is 2.52 bits per heavy atom. The maximum Gasteiger partial charge on any atom is 0.268 e. The zero-order chi connectivity index (χ0) is 17.8. The highest BCUT2D eigenvalue weighted by molar-refractivity contribution is 7.90. The van der Waals surface area contributed by atoms with E-state index in [0.29, 0.717) is 10.5 Å². The first kappa shape index (κ1) is 16.6. The van der Waals surface area contributed by atoms with Crippen molar-refractivity contribution in [2.24, 2.45) is 5.92 Å². The lowest BCUT2D eigenvalue weighted by Crippen LogP contribution is -2.15. The number of aliphatic hydroxyl groups excluding tert-OH is 1. The summed E-state index contributed by atoms with van der Waals surface area (Å²) in [6.45, 7) is 1.99. The summed E-state index contributed by atoms with van der Waals surface area (Å²) >= 11 is 6.08. The fourth-order valence-corrected chi connectivity index (χ4v) is 5.10. The number of fused-ring (bicyclic) bond motifs is 1. The Hall–Kier alpha value is -1.82. The van der Waals surface area contributed by atoms with Crippen molar-refractivity contribution in [3.63, 3.8) is 0 Å². The SMILES string of the molecule is Cc1ccc(S(=O)(=O)n2c([C@@H]3C[C@H]3CO)cc3cc(Cl)ccc32)cc1. The van der Waals surface area contributed by atoms with Gasteiger partial charge in [0.1, 0.15) is 0 Å². The van der Waals surface area contributed by atoms with Crippen molar-refractivity contribution in [2.75, 3.05) is 6.61 Å². The Morgan fingerprint density at radius 2 is 1.88 bits per heavy atom. The van der Waals surface area contributed by atoms with E-state index in [1.54, 1.807) is 42.5 Å². The van der Waals surface area contributed by atoms with Gasteiger partial charge in [0.25, 0.3) is 10.0 Å². The van der Waals surface area contributed by atoms with Crippen molar-refractivity contribution < 1.29 is 13.5 Å². The number of rotatable bonds is 4. The molecule has 1 aromatic heterocycles. The van der Waals surface area contributed by atoms with E-state index in [0.717, 1.165) is 23.1 Å². The normalized spacial score (nSPS) is 20.1. The van der Waals surface area contributed by atoms with Gasteiger partial charge < -0.3 is 5.11 Å². The van der Waals surface area contributed by atoms with Crippen molar-refractivity contribution >= 4 is 32.5 Å². The maximum absolute atomic E-state index is 13.3. The summed E-state index contributed by atoms with van der Waals surface area (Å²) < 4.78 is 28.1. The van der Waals surface area contributed by atoms with Gasteiger partial charge in [-0.05, 0) is 55.7 Å². The molecule has 0 radical (unpaired) electrons. The molecule has 1 aliphatic rings. The molecule has 0 spiro atoms. The van der Waals surface area contributed by atoms with Crippen LogP contribution in [0.3, 0.4) is 0 Å². The summed E-state index contributed by atoms with van der Waals surface area (Å²) in [4.78, 5) is 0.257. The van der Waals surface area contributed by atoms with Crippen LogP contribution in [0.1, 0.15) is 23.6 Å². The molecule has 0 bridgehead atoms. The molecule has 130 valence electrons. The second-order valence-corrected chi connectivity index (χ2v) is 8.86. The molecule has 0 unspecified atom stereocenters. The van der Waals surface area contributed by atoms with Crippen LogP contribution in [0.5, 0.6) is 0 Å². The predicted molar refractivity (Wildman–Crippen MR) is 98.6 cm³/mol. The third-order valence-electron chi connectivity index (χ3n) is 4.84. The van der Waals surface area contributed by atoms with Crippen LogP contribution < -0.4 is 0 Å². The van der Waals surface area contributed by atoms with Gasteiger partial charge in [-0.15, -0.1) is 0 Å². The molecule has 0 saturated heterocycles. The van der Waals surface area contributed by atoms with Gasteiger partial charge >= 0.3 is 0 Å². The molecule has 0 amide bonds. The van der Waals surface area contributed by atoms with Gasteiger partial charge in [-0.1, -0.05) is 29.3 Å². The van der Waals surface area contributed by atoms with E-state index in [2.05, 4.69) is 0 Å². The molecule has 4 nitrogen and oxygen atoms in total. The van der Waals surface area contributed by atoms with Crippen molar-refractivity contribution in [1.82, 2.24) is 3.97 Å². The fourth-order valence-electron chi connectivity index (χ4n) is 3.34. The number of aromatic nitrogens is 1. The van der Waals surface area contributed by atoms with Gasteiger partial charge in [0.2, 0.25) is 0 Å². The Balaban J connectivity index is 1.96. The quantitative estimate of drug-likeness (QED) is 0.751. The lowest BCUT2D eigenvalue weighted by molar-refractivity contribution is 0.273. The molecule has 1 fully saturated rings. The van der Waals surface area contributed by atoms with Crippen molar-refractivity contribution in [3.05, 3.63) is 64.8 Å². The summed E-state index contributed by atoms with van der Waals surface area (Å²) in [5.41, 5.74) is 2.34. The highest BCUT2D eigenvalue weighted by Gasteiger charge is 2.42. The molecule has 3 aromatic rings. The predicted octanol–water partition coefficient (Wildman–Crippen LogP) is 3.94. The smallest absolute Gasteiger partial charge is 0.268 e. The molecule has 1 N–H and O–H groups in total. The number of halogens is 1. The molecule has 0 aliphatic heterocycles. The number of benzene rings is 2. The van der Waals surface area contributed by atoms with Crippen LogP contribution in [-0.2, 0) is 10.0 Å². The topological polar surface area (TPSA) is 59.3 Å².